The van der Waals surface area contributed by atoms with Gasteiger partial charge in [-0.3, -0.25) is 0 Å². The average Bonchev–Trinajstić information content (AvgIpc) is 2.48. The van der Waals surface area contributed by atoms with Crippen LogP contribution in [0.2, 0.25) is 0 Å². The van der Waals surface area contributed by atoms with Crippen molar-refractivity contribution in [3.63, 3.8) is 0 Å². The van der Waals surface area contributed by atoms with Crippen LogP contribution in [0.1, 0.15) is 19.3 Å². The first-order valence-electron chi connectivity index (χ1n) is 4.33. The van der Waals surface area contributed by atoms with Gasteiger partial charge in [0.2, 0.25) is 0 Å². The number of nitrogens with two attached hydrogens (primary N) is 1. The van der Waals surface area contributed by atoms with E-state index in [0.717, 1.165) is 24.4 Å². The zero-order valence-electron chi connectivity index (χ0n) is 7.18. The lowest BCUT2D eigenvalue weighted by molar-refractivity contribution is 0.533. The molecule has 0 amide bonds. The van der Waals surface area contributed by atoms with Gasteiger partial charge in [0.1, 0.15) is 0 Å². The van der Waals surface area contributed by atoms with E-state index in [1.807, 2.05) is 11.8 Å². The molecular weight excluding hydrogens is 156 g/mol. The van der Waals surface area contributed by atoms with E-state index < -0.39 is 0 Å². The number of hydrogen-bond donors (Lipinski definition) is 2. The maximum absolute atomic E-state index is 5.41. The molecule has 0 heterocycles. The lowest BCUT2D eigenvalue weighted by Gasteiger charge is -2.10. The van der Waals surface area contributed by atoms with Crippen LogP contribution in [0.4, 0.5) is 0 Å². The standard InChI is InChI=1S/C8H18N2S/c1-11-8-3-2-7(6-8)10-5-4-9/h7-8,10H,2-6,9H2,1H3. The fraction of sp³-hybridized carbons (Fsp3) is 1.00. The Labute approximate surface area is 73.3 Å². The van der Waals surface area contributed by atoms with E-state index in [-0.39, 0.29) is 0 Å². The Kier molecular flexibility index (Phi) is 4.26. The minimum absolute atomic E-state index is 0.746. The van der Waals surface area contributed by atoms with Crippen LogP contribution in [0.15, 0.2) is 0 Å². The highest BCUT2D eigenvalue weighted by Crippen LogP contribution is 2.27. The number of nitrogens with one attached hydrogen (secondary N) is 1. The van der Waals surface area contributed by atoms with Gasteiger partial charge < -0.3 is 11.1 Å². The first-order valence-corrected chi connectivity index (χ1v) is 5.62. The van der Waals surface area contributed by atoms with Crippen LogP contribution >= 0.6 is 11.8 Å². The van der Waals surface area contributed by atoms with E-state index in [2.05, 4.69) is 11.6 Å². The van der Waals surface area contributed by atoms with Crippen LogP contribution in [-0.4, -0.2) is 30.6 Å². The van der Waals surface area contributed by atoms with E-state index >= 15 is 0 Å². The van der Waals surface area contributed by atoms with Crippen molar-refractivity contribution >= 4 is 11.8 Å². The molecule has 1 saturated carbocycles. The summed E-state index contributed by atoms with van der Waals surface area (Å²) in [5, 5.41) is 4.35. The van der Waals surface area contributed by atoms with E-state index in [4.69, 9.17) is 5.73 Å². The molecule has 3 N–H and O–H groups in total. The highest BCUT2D eigenvalue weighted by molar-refractivity contribution is 7.99. The number of thioether (sulfide) groups is 1. The number of hydrogen-bond acceptors (Lipinski definition) is 3. The minimum atomic E-state index is 0.746. The van der Waals surface area contributed by atoms with Crippen molar-refractivity contribution in [2.45, 2.75) is 30.6 Å². The normalized spacial score (nSPS) is 31.1. The first-order chi connectivity index (χ1) is 5.36. The summed E-state index contributed by atoms with van der Waals surface area (Å²) in [6.45, 7) is 1.74. The topological polar surface area (TPSA) is 38.0 Å². The summed E-state index contributed by atoms with van der Waals surface area (Å²) in [5.41, 5.74) is 5.41. The quantitative estimate of drug-likeness (QED) is 0.662. The van der Waals surface area contributed by atoms with E-state index in [1.54, 1.807) is 0 Å². The second kappa shape index (κ2) is 5.01. The molecule has 0 aromatic heterocycles. The molecule has 0 spiro atoms. The van der Waals surface area contributed by atoms with E-state index in [0.29, 0.717) is 0 Å². The first kappa shape index (κ1) is 9.36. The van der Waals surface area contributed by atoms with Gasteiger partial charge >= 0.3 is 0 Å². The van der Waals surface area contributed by atoms with Gasteiger partial charge in [-0.1, -0.05) is 0 Å². The lowest BCUT2D eigenvalue weighted by atomic mass is 10.2. The van der Waals surface area contributed by atoms with Crippen molar-refractivity contribution in [2.75, 3.05) is 19.3 Å². The molecule has 0 saturated heterocycles. The fourth-order valence-electron chi connectivity index (χ4n) is 1.63. The van der Waals surface area contributed by atoms with Gasteiger partial charge in [-0.2, -0.15) is 11.8 Å². The smallest absolute Gasteiger partial charge is 0.00785 e. The molecule has 2 unspecified atom stereocenters. The molecule has 2 nitrogen and oxygen atoms in total. The van der Waals surface area contributed by atoms with Crippen LogP contribution in [0.25, 0.3) is 0 Å². The summed E-state index contributed by atoms with van der Waals surface area (Å²) in [6, 6.07) is 0.746. The molecule has 0 aromatic carbocycles. The molecule has 11 heavy (non-hydrogen) atoms. The highest BCUT2D eigenvalue weighted by Gasteiger charge is 2.22. The van der Waals surface area contributed by atoms with Gasteiger partial charge in [0.15, 0.2) is 0 Å². The van der Waals surface area contributed by atoms with E-state index in [9.17, 15) is 0 Å². The maximum Gasteiger partial charge on any atom is 0.00785 e. The van der Waals surface area contributed by atoms with Crippen LogP contribution in [0, 0.1) is 0 Å². The molecule has 1 rings (SSSR count). The maximum atomic E-state index is 5.41. The minimum Gasteiger partial charge on any atom is -0.329 e. The summed E-state index contributed by atoms with van der Waals surface area (Å²) in [5.74, 6) is 0. The Morgan fingerprint density at radius 3 is 2.91 bits per heavy atom. The summed E-state index contributed by atoms with van der Waals surface area (Å²) in [6.07, 6.45) is 6.26. The van der Waals surface area contributed by atoms with Crippen LogP contribution < -0.4 is 11.1 Å². The molecule has 1 aliphatic rings. The molecule has 3 heteroatoms. The van der Waals surface area contributed by atoms with Crippen molar-refractivity contribution in [2.24, 2.45) is 5.73 Å². The van der Waals surface area contributed by atoms with Crippen molar-refractivity contribution in [1.82, 2.24) is 5.32 Å². The van der Waals surface area contributed by atoms with Crippen LogP contribution in [0.3, 0.4) is 0 Å². The van der Waals surface area contributed by atoms with Crippen molar-refractivity contribution in [3.8, 4) is 0 Å². The van der Waals surface area contributed by atoms with Gasteiger partial charge in [0.05, 0.1) is 0 Å². The average molecular weight is 174 g/mol. The Balaban J connectivity index is 2.09. The Bertz CT molecular complexity index is 108. The SMILES string of the molecule is CSC1CCC(NCCN)C1. The molecule has 0 aliphatic heterocycles. The van der Waals surface area contributed by atoms with Gasteiger partial charge in [-0.25, -0.2) is 0 Å². The van der Waals surface area contributed by atoms with Gasteiger partial charge in [0.25, 0.3) is 0 Å². The predicted octanol–water partition coefficient (Wildman–Crippen LogP) is 0.819. The third-order valence-electron chi connectivity index (χ3n) is 2.30. The van der Waals surface area contributed by atoms with Crippen molar-refractivity contribution in [1.29, 1.82) is 0 Å². The third-order valence-corrected chi connectivity index (χ3v) is 3.39. The molecule has 1 aliphatic carbocycles. The lowest BCUT2D eigenvalue weighted by Crippen LogP contribution is -2.31. The second-order valence-electron chi connectivity index (χ2n) is 3.11. The molecule has 0 bridgehead atoms. The monoisotopic (exact) mass is 174 g/mol. The van der Waals surface area contributed by atoms with Crippen LogP contribution in [0.5, 0.6) is 0 Å². The summed E-state index contributed by atoms with van der Waals surface area (Å²) in [7, 11) is 0. The summed E-state index contributed by atoms with van der Waals surface area (Å²) < 4.78 is 0. The zero-order valence-corrected chi connectivity index (χ0v) is 7.99. The predicted molar refractivity (Wildman–Crippen MR) is 52.0 cm³/mol. The third kappa shape index (κ3) is 3.01. The molecule has 66 valence electrons. The van der Waals surface area contributed by atoms with Crippen molar-refractivity contribution < 1.29 is 0 Å². The largest absolute Gasteiger partial charge is 0.329 e. The zero-order chi connectivity index (χ0) is 8.10. The second-order valence-corrected chi connectivity index (χ2v) is 4.25. The Morgan fingerprint density at radius 2 is 2.36 bits per heavy atom. The molecule has 0 radical (unpaired) electrons. The molecule has 0 aromatic rings. The molecular formula is C8H18N2S. The highest BCUT2D eigenvalue weighted by atomic mass is 32.2. The van der Waals surface area contributed by atoms with Gasteiger partial charge in [0, 0.05) is 24.4 Å². The number of rotatable bonds is 4. The van der Waals surface area contributed by atoms with Crippen LogP contribution in [-0.2, 0) is 0 Å². The van der Waals surface area contributed by atoms with Gasteiger partial charge in [-0.05, 0) is 25.5 Å². The molecule has 2 atom stereocenters. The van der Waals surface area contributed by atoms with Gasteiger partial charge in [-0.15, -0.1) is 0 Å². The Hall–Kier alpha value is 0.270. The Morgan fingerprint density at radius 1 is 1.55 bits per heavy atom. The molecule has 1 fully saturated rings. The van der Waals surface area contributed by atoms with E-state index in [1.165, 1.54) is 19.3 Å². The summed E-state index contributed by atoms with van der Waals surface area (Å²) in [4.78, 5) is 0. The fourth-order valence-corrected chi connectivity index (χ4v) is 2.42. The summed E-state index contributed by atoms with van der Waals surface area (Å²) >= 11 is 2.00. The van der Waals surface area contributed by atoms with Crippen molar-refractivity contribution in [3.05, 3.63) is 0 Å².